The van der Waals surface area contributed by atoms with Gasteiger partial charge in [-0.25, -0.2) is 0 Å². The number of halogens is 1. The van der Waals surface area contributed by atoms with Gasteiger partial charge < -0.3 is 4.42 Å². The predicted octanol–water partition coefficient (Wildman–Crippen LogP) is 3.45. The highest BCUT2D eigenvalue weighted by Crippen LogP contribution is 2.20. The highest BCUT2D eigenvalue weighted by Gasteiger charge is 2.06. The van der Waals surface area contributed by atoms with E-state index in [1.807, 2.05) is 24.3 Å². The van der Waals surface area contributed by atoms with Crippen molar-refractivity contribution in [3.05, 3.63) is 34.6 Å². The highest BCUT2D eigenvalue weighted by atomic mass is 79.9. The van der Waals surface area contributed by atoms with E-state index in [2.05, 4.69) is 33.1 Å². The van der Waals surface area contributed by atoms with E-state index in [9.17, 15) is 0 Å². The van der Waals surface area contributed by atoms with Gasteiger partial charge in [0.2, 0.25) is 11.8 Å². The zero-order valence-electron chi connectivity index (χ0n) is 8.40. The fraction of sp³-hybridized carbons (Fsp3) is 0.273. The van der Waals surface area contributed by atoms with Crippen molar-refractivity contribution in [3.63, 3.8) is 0 Å². The van der Waals surface area contributed by atoms with Crippen molar-refractivity contribution in [1.82, 2.24) is 10.2 Å². The molecule has 0 aliphatic rings. The fourth-order valence-corrected chi connectivity index (χ4v) is 1.54. The van der Waals surface area contributed by atoms with Crippen molar-refractivity contribution in [2.24, 2.45) is 0 Å². The molecule has 0 atom stereocenters. The molecule has 0 spiro atoms. The van der Waals surface area contributed by atoms with Crippen LogP contribution in [0.3, 0.4) is 0 Å². The molecule has 0 saturated carbocycles. The van der Waals surface area contributed by atoms with E-state index >= 15 is 0 Å². The second kappa shape index (κ2) is 4.57. The number of hydrogen-bond acceptors (Lipinski definition) is 3. The fourth-order valence-electron chi connectivity index (χ4n) is 1.28. The molecule has 1 heterocycles. The Morgan fingerprint density at radius 1 is 1.20 bits per heavy atom. The summed E-state index contributed by atoms with van der Waals surface area (Å²) in [5, 5.41) is 7.98. The van der Waals surface area contributed by atoms with E-state index in [1.54, 1.807) is 0 Å². The molecule has 0 fully saturated rings. The van der Waals surface area contributed by atoms with Crippen molar-refractivity contribution in [3.8, 4) is 11.5 Å². The summed E-state index contributed by atoms with van der Waals surface area (Å²) >= 11 is 3.38. The van der Waals surface area contributed by atoms with E-state index in [-0.39, 0.29) is 0 Å². The Balaban J connectivity index is 2.25. The van der Waals surface area contributed by atoms with Crippen LogP contribution in [0.2, 0.25) is 0 Å². The zero-order valence-corrected chi connectivity index (χ0v) is 9.99. The van der Waals surface area contributed by atoms with Gasteiger partial charge in [0.15, 0.2) is 0 Å². The zero-order chi connectivity index (χ0) is 10.7. The molecule has 2 aromatic rings. The lowest BCUT2D eigenvalue weighted by Gasteiger charge is -1.94. The van der Waals surface area contributed by atoms with Gasteiger partial charge in [0, 0.05) is 16.5 Å². The number of hydrogen-bond donors (Lipinski definition) is 0. The van der Waals surface area contributed by atoms with Gasteiger partial charge in [-0.2, -0.15) is 0 Å². The molecule has 0 aliphatic heterocycles. The molecule has 1 aromatic heterocycles. The minimum absolute atomic E-state index is 0.589. The summed E-state index contributed by atoms with van der Waals surface area (Å²) in [4.78, 5) is 0. The van der Waals surface area contributed by atoms with Gasteiger partial charge in [-0.1, -0.05) is 22.9 Å². The minimum Gasteiger partial charge on any atom is -0.421 e. The largest absolute Gasteiger partial charge is 0.421 e. The number of benzene rings is 1. The van der Waals surface area contributed by atoms with Gasteiger partial charge in [-0.05, 0) is 30.7 Å². The smallest absolute Gasteiger partial charge is 0.247 e. The molecule has 0 N–H and O–H groups in total. The van der Waals surface area contributed by atoms with Gasteiger partial charge in [0.1, 0.15) is 0 Å². The summed E-state index contributed by atoms with van der Waals surface area (Å²) in [5.74, 6) is 1.29. The summed E-state index contributed by atoms with van der Waals surface area (Å²) in [7, 11) is 0. The van der Waals surface area contributed by atoms with E-state index in [0.717, 1.165) is 22.9 Å². The van der Waals surface area contributed by atoms with Crippen LogP contribution in [0.15, 0.2) is 33.2 Å². The summed E-state index contributed by atoms with van der Waals surface area (Å²) in [5.41, 5.74) is 0.952. The van der Waals surface area contributed by atoms with E-state index in [1.165, 1.54) is 0 Å². The van der Waals surface area contributed by atoms with Crippen LogP contribution in [-0.2, 0) is 6.42 Å². The normalized spacial score (nSPS) is 10.5. The summed E-state index contributed by atoms with van der Waals surface area (Å²) in [6, 6.07) is 7.82. The van der Waals surface area contributed by atoms with Gasteiger partial charge >= 0.3 is 0 Å². The lowest BCUT2D eigenvalue weighted by atomic mass is 10.2. The lowest BCUT2D eigenvalue weighted by Crippen LogP contribution is -1.80. The van der Waals surface area contributed by atoms with Crippen LogP contribution in [0, 0.1) is 0 Å². The lowest BCUT2D eigenvalue weighted by molar-refractivity contribution is 0.502. The van der Waals surface area contributed by atoms with Gasteiger partial charge in [0.25, 0.3) is 0 Å². The molecule has 0 bridgehead atoms. The van der Waals surface area contributed by atoms with Crippen LogP contribution in [0.1, 0.15) is 19.2 Å². The standard InChI is InChI=1S/C11H11BrN2O/c1-2-3-10-13-14-11(15-10)8-4-6-9(12)7-5-8/h4-7H,2-3H2,1H3. The Labute approximate surface area is 96.7 Å². The minimum atomic E-state index is 0.589. The molecule has 0 amide bonds. The van der Waals surface area contributed by atoms with E-state index < -0.39 is 0 Å². The molecular weight excluding hydrogens is 256 g/mol. The molecule has 15 heavy (non-hydrogen) atoms. The predicted molar refractivity (Wildman–Crippen MR) is 61.4 cm³/mol. The first-order valence-electron chi connectivity index (χ1n) is 4.88. The molecule has 0 radical (unpaired) electrons. The van der Waals surface area contributed by atoms with Crippen molar-refractivity contribution in [2.45, 2.75) is 19.8 Å². The topological polar surface area (TPSA) is 38.9 Å². The van der Waals surface area contributed by atoms with Gasteiger partial charge in [-0.3, -0.25) is 0 Å². The number of rotatable bonds is 3. The van der Waals surface area contributed by atoms with Crippen LogP contribution >= 0.6 is 15.9 Å². The van der Waals surface area contributed by atoms with Gasteiger partial charge in [0.05, 0.1) is 0 Å². The molecular formula is C11H11BrN2O. The molecule has 2 rings (SSSR count). The monoisotopic (exact) mass is 266 g/mol. The summed E-state index contributed by atoms with van der Waals surface area (Å²) < 4.78 is 6.55. The molecule has 0 saturated heterocycles. The average molecular weight is 267 g/mol. The highest BCUT2D eigenvalue weighted by molar-refractivity contribution is 9.10. The van der Waals surface area contributed by atoms with Crippen LogP contribution < -0.4 is 0 Å². The molecule has 0 aliphatic carbocycles. The first-order chi connectivity index (χ1) is 7.29. The van der Waals surface area contributed by atoms with Crippen LogP contribution in [0.25, 0.3) is 11.5 Å². The van der Waals surface area contributed by atoms with Crippen molar-refractivity contribution in [1.29, 1.82) is 0 Å². The van der Waals surface area contributed by atoms with E-state index in [4.69, 9.17) is 4.42 Å². The first kappa shape index (κ1) is 10.4. The van der Waals surface area contributed by atoms with Crippen molar-refractivity contribution in [2.75, 3.05) is 0 Å². The van der Waals surface area contributed by atoms with Crippen LogP contribution in [0.4, 0.5) is 0 Å². The molecule has 1 aromatic carbocycles. The maximum absolute atomic E-state index is 5.51. The Hall–Kier alpha value is -1.16. The van der Waals surface area contributed by atoms with Crippen LogP contribution in [0.5, 0.6) is 0 Å². The SMILES string of the molecule is CCCc1nnc(-c2ccc(Br)cc2)o1. The maximum atomic E-state index is 5.51. The molecule has 0 unspecified atom stereocenters. The second-order valence-electron chi connectivity index (χ2n) is 3.26. The Kier molecular flexibility index (Phi) is 3.16. The maximum Gasteiger partial charge on any atom is 0.247 e. The Morgan fingerprint density at radius 2 is 1.93 bits per heavy atom. The van der Waals surface area contributed by atoms with Gasteiger partial charge in [-0.15, -0.1) is 10.2 Å². The van der Waals surface area contributed by atoms with Crippen LogP contribution in [-0.4, -0.2) is 10.2 Å². The molecule has 4 heteroatoms. The number of nitrogens with zero attached hydrogens (tertiary/aromatic N) is 2. The third-order valence-electron chi connectivity index (χ3n) is 2.02. The number of aryl methyl sites for hydroxylation is 1. The Morgan fingerprint density at radius 3 is 2.60 bits per heavy atom. The summed E-state index contributed by atoms with van der Waals surface area (Å²) in [6.07, 6.45) is 1.85. The summed E-state index contributed by atoms with van der Waals surface area (Å²) in [6.45, 7) is 2.09. The third kappa shape index (κ3) is 2.45. The van der Waals surface area contributed by atoms with E-state index in [0.29, 0.717) is 11.8 Å². The quantitative estimate of drug-likeness (QED) is 0.854. The first-order valence-corrected chi connectivity index (χ1v) is 5.67. The van der Waals surface area contributed by atoms with Crippen molar-refractivity contribution >= 4 is 15.9 Å². The molecule has 3 nitrogen and oxygen atoms in total. The average Bonchev–Trinajstić information content (AvgIpc) is 2.68. The number of aromatic nitrogens is 2. The third-order valence-corrected chi connectivity index (χ3v) is 2.55. The molecule has 78 valence electrons. The second-order valence-corrected chi connectivity index (χ2v) is 4.17. The Bertz CT molecular complexity index is 436. The van der Waals surface area contributed by atoms with Crippen molar-refractivity contribution < 1.29 is 4.42 Å².